The van der Waals surface area contributed by atoms with Crippen molar-refractivity contribution in [2.75, 3.05) is 13.1 Å². The summed E-state index contributed by atoms with van der Waals surface area (Å²) in [6.07, 6.45) is 9.08. The maximum absolute atomic E-state index is 13.1. The van der Waals surface area contributed by atoms with Crippen molar-refractivity contribution in [2.45, 2.75) is 153 Å². The van der Waals surface area contributed by atoms with Gasteiger partial charge in [-0.25, -0.2) is 0 Å². The van der Waals surface area contributed by atoms with E-state index in [0.717, 1.165) is 102 Å². The van der Waals surface area contributed by atoms with E-state index < -0.39 is 18.5 Å². The predicted octanol–water partition coefficient (Wildman–Crippen LogP) is 9.32. The van der Waals surface area contributed by atoms with Crippen LogP contribution in [0.25, 0.3) is 0 Å². The molecule has 4 aliphatic rings. The van der Waals surface area contributed by atoms with Crippen LogP contribution in [0.1, 0.15) is 132 Å². The topological polar surface area (TPSA) is 43.7 Å². The van der Waals surface area contributed by atoms with Crippen molar-refractivity contribution in [1.82, 2.24) is 4.90 Å². The summed E-state index contributed by atoms with van der Waals surface area (Å²) in [5.74, 6) is -2.32. The molecule has 8 heteroatoms. The van der Waals surface area contributed by atoms with Crippen LogP contribution in [0.2, 0.25) is 0 Å². The summed E-state index contributed by atoms with van der Waals surface area (Å²) in [4.78, 5) is 2.53. The molecule has 0 unspecified atom stereocenters. The first-order chi connectivity index (χ1) is 20.4. The van der Waals surface area contributed by atoms with Gasteiger partial charge in [0.05, 0.1) is 6.10 Å². The number of hydrogen-bond donors (Lipinski definition) is 2. The fourth-order valence-electron chi connectivity index (χ4n) is 9.37. The minimum atomic E-state index is -5.44. The van der Waals surface area contributed by atoms with Gasteiger partial charge in [0.15, 0.2) is 0 Å². The van der Waals surface area contributed by atoms with Gasteiger partial charge in [0, 0.05) is 12.5 Å². The Bertz CT molecular complexity index is 1080. The standard InChI is InChI=1S/C35H52F5NO2/c1-33-19-17-27-28(30(33)15-16-32(33)43)14-13-24-23-31(42)25(22-29(24)27)10-5-4-8-20-41-21-9-12-26(41)11-6-2-3-7-18-34(36,37)35(38,39)40/h22-23,26-28,30,32,42-43H,2-21H2,1H3/t26-,27+,28-,30+,32-,33+/m1/s1. The van der Waals surface area contributed by atoms with Crippen LogP contribution < -0.4 is 0 Å². The van der Waals surface area contributed by atoms with Crippen LogP contribution in [0, 0.1) is 17.3 Å². The lowest BCUT2D eigenvalue weighted by Gasteiger charge is -2.50. The lowest BCUT2D eigenvalue weighted by Crippen LogP contribution is -2.43. The zero-order valence-corrected chi connectivity index (χ0v) is 25.9. The molecule has 1 aromatic rings. The number of fused-ring (bicyclic) bond motifs is 5. The summed E-state index contributed by atoms with van der Waals surface area (Å²) < 4.78 is 63.1. The molecule has 3 nitrogen and oxygen atoms in total. The van der Waals surface area contributed by atoms with Crippen molar-refractivity contribution >= 4 is 0 Å². The quantitative estimate of drug-likeness (QED) is 0.172. The molecule has 5 rings (SSSR count). The summed E-state index contributed by atoms with van der Waals surface area (Å²) >= 11 is 0. The van der Waals surface area contributed by atoms with E-state index in [1.807, 2.05) is 6.07 Å². The molecule has 3 fully saturated rings. The SMILES string of the molecule is C[C@]12CC[C@@H]3c4cc(CCCCCN5CCC[C@H]5CCCCCCC(F)(F)C(F)(F)F)c(O)cc4CC[C@H]3[C@@H]1CC[C@H]2O. The number of phenols is 1. The minimum absolute atomic E-state index is 0.0762. The number of nitrogens with zero attached hydrogens (tertiary/aromatic N) is 1. The van der Waals surface area contributed by atoms with Crippen molar-refractivity contribution in [3.63, 3.8) is 0 Å². The van der Waals surface area contributed by atoms with E-state index in [1.165, 1.54) is 17.5 Å². The van der Waals surface area contributed by atoms with Crippen LogP contribution in [0.3, 0.4) is 0 Å². The number of alkyl halides is 5. The smallest absolute Gasteiger partial charge is 0.453 e. The normalized spacial score (nSPS) is 31.2. The number of unbranched alkanes of at least 4 members (excludes halogenated alkanes) is 5. The van der Waals surface area contributed by atoms with Gasteiger partial charge < -0.3 is 15.1 Å². The molecule has 0 amide bonds. The molecule has 244 valence electrons. The molecule has 43 heavy (non-hydrogen) atoms. The third-order valence-electron chi connectivity index (χ3n) is 12.0. The van der Waals surface area contributed by atoms with Gasteiger partial charge in [-0.1, -0.05) is 38.7 Å². The first-order valence-electron chi connectivity index (χ1n) is 17.1. The number of phenolic OH excluding ortho intramolecular Hbond substituents is 1. The van der Waals surface area contributed by atoms with Crippen molar-refractivity contribution < 1.29 is 32.2 Å². The summed E-state index contributed by atoms with van der Waals surface area (Å²) in [5.41, 5.74) is 3.93. The van der Waals surface area contributed by atoms with Gasteiger partial charge in [-0.15, -0.1) is 0 Å². The Morgan fingerprint density at radius 3 is 2.47 bits per heavy atom. The largest absolute Gasteiger partial charge is 0.508 e. The average Bonchev–Trinajstić information content (AvgIpc) is 3.52. The van der Waals surface area contributed by atoms with Crippen LogP contribution in [-0.4, -0.2) is 52.4 Å². The first kappa shape index (κ1) is 33.0. The molecule has 6 atom stereocenters. The molecule has 2 saturated carbocycles. The van der Waals surface area contributed by atoms with E-state index in [-0.39, 0.29) is 17.9 Å². The second kappa shape index (κ2) is 13.5. The molecule has 1 heterocycles. The second-order valence-electron chi connectivity index (χ2n) is 14.5. The highest BCUT2D eigenvalue weighted by Crippen LogP contribution is 2.61. The van der Waals surface area contributed by atoms with Gasteiger partial charge in [0.2, 0.25) is 0 Å². The van der Waals surface area contributed by atoms with E-state index in [1.54, 1.807) is 0 Å². The fourth-order valence-corrected chi connectivity index (χ4v) is 9.37. The fraction of sp³-hybridized carbons (Fsp3) is 0.829. The highest BCUT2D eigenvalue weighted by Gasteiger charge is 2.56. The Balaban J connectivity index is 1.02. The molecular formula is C35H52F5NO2. The number of aliphatic hydroxyl groups is 1. The monoisotopic (exact) mass is 613 g/mol. The highest BCUT2D eigenvalue weighted by molar-refractivity contribution is 5.45. The summed E-state index contributed by atoms with van der Waals surface area (Å²) in [5, 5.41) is 21.5. The summed E-state index contributed by atoms with van der Waals surface area (Å²) in [6, 6.07) is 4.85. The number of likely N-dealkylation sites (tertiary alicyclic amines) is 1. The summed E-state index contributed by atoms with van der Waals surface area (Å²) in [7, 11) is 0. The number of halogens is 5. The predicted molar refractivity (Wildman–Crippen MR) is 160 cm³/mol. The van der Waals surface area contributed by atoms with Crippen LogP contribution in [-0.2, 0) is 12.8 Å². The van der Waals surface area contributed by atoms with Gasteiger partial charge >= 0.3 is 12.1 Å². The zero-order valence-electron chi connectivity index (χ0n) is 25.9. The lowest BCUT2D eigenvalue weighted by molar-refractivity contribution is -0.284. The van der Waals surface area contributed by atoms with E-state index in [4.69, 9.17) is 0 Å². The number of rotatable bonds is 13. The molecule has 0 spiro atoms. The Morgan fingerprint density at radius 1 is 0.907 bits per heavy atom. The molecule has 0 aromatic heterocycles. The van der Waals surface area contributed by atoms with E-state index >= 15 is 0 Å². The number of hydrogen-bond acceptors (Lipinski definition) is 3. The van der Waals surface area contributed by atoms with Gasteiger partial charge in [-0.3, -0.25) is 0 Å². The Labute approximate surface area is 254 Å². The number of aliphatic hydroxyl groups excluding tert-OH is 1. The second-order valence-corrected chi connectivity index (χ2v) is 14.5. The average molecular weight is 614 g/mol. The highest BCUT2D eigenvalue weighted by atomic mass is 19.4. The zero-order chi connectivity index (χ0) is 30.8. The van der Waals surface area contributed by atoms with Crippen molar-refractivity contribution in [3.05, 3.63) is 28.8 Å². The first-order valence-corrected chi connectivity index (χ1v) is 17.1. The van der Waals surface area contributed by atoms with Crippen molar-refractivity contribution in [1.29, 1.82) is 0 Å². The van der Waals surface area contributed by atoms with E-state index in [0.29, 0.717) is 42.4 Å². The molecule has 0 bridgehead atoms. The van der Waals surface area contributed by atoms with Crippen LogP contribution >= 0.6 is 0 Å². The molecule has 1 aromatic carbocycles. The molecule has 1 aliphatic heterocycles. The van der Waals surface area contributed by atoms with Crippen LogP contribution in [0.5, 0.6) is 5.75 Å². The Hall–Kier alpha value is -1.41. The number of aryl methyl sites for hydroxylation is 2. The van der Waals surface area contributed by atoms with Crippen LogP contribution in [0.15, 0.2) is 12.1 Å². The van der Waals surface area contributed by atoms with Gasteiger partial charge in [-0.2, -0.15) is 22.0 Å². The van der Waals surface area contributed by atoms with Crippen molar-refractivity contribution in [3.8, 4) is 5.75 Å². The van der Waals surface area contributed by atoms with E-state index in [9.17, 15) is 32.2 Å². The lowest BCUT2D eigenvalue weighted by atomic mass is 9.55. The summed E-state index contributed by atoms with van der Waals surface area (Å²) in [6.45, 7) is 4.42. The number of benzene rings is 1. The van der Waals surface area contributed by atoms with Gasteiger partial charge in [0.25, 0.3) is 0 Å². The molecular weight excluding hydrogens is 561 g/mol. The third kappa shape index (κ3) is 7.21. The Kier molecular flexibility index (Phi) is 10.4. The maximum Gasteiger partial charge on any atom is 0.453 e. The van der Waals surface area contributed by atoms with Gasteiger partial charge in [0.1, 0.15) is 5.75 Å². The molecule has 1 saturated heterocycles. The Morgan fingerprint density at radius 2 is 1.67 bits per heavy atom. The maximum atomic E-state index is 13.1. The van der Waals surface area contributed by atoms with Crippen LogP contribution in [0.4, 0.5) is 22.0 Å². The minimum Gasteiger partial charge on any atom is -0.508 e. The van der Waals surface area contributed by atoms with Crippen molar-refractivity contribution in [2.24, 2.45) is 17.3 Å². The van der Waals surface area contributed by atoms with Gasteiger partial charge in [-0.05, 0) is 142 Å². The number of aromatic hydroxyl groups is 1. The van der Waals surface area contributed by atoms with E-state index in [2.05, 4.69) is 17.9 Å². The molecule has 0 radical (unpaired) electrons. The molecule has 2 N–H and O–H groups in total. The molecule has 3 aliphatic carbocycles. The third-order valence-corrected chi connectivity index (χ3v) is 12.0.